The molecule has 0 radical (unpaired) electrons. The Morgan fingerprint density at radius 2 is 2.40 bits per heavy atom. The lowest BCUT2D eigenvalue weighted by Gasteiger charge is -2.27. The van der Waals surface area contributed by atoms with Crippen LogP contribution in [0.2, 0.25) is 0 Å². The molecule has 2 saturated heterocycles. The van der Waals surface area contributed by atoms with Gasteiger partial charge in [-0.05, 0) is 37.1 Å². The Morgan fingerprint density at radius 1 is 1.50 bits per heavy atom. The molecule has 58 valence electrons. The Hall–Kier alpha value is 0.310. The van der Waals surface area contributed by atoms with Crippen molar-refractivity contribution in [1.82, 2.24) is 5.32 Å². The standard InChI is InChI=1S/C8H15NS/c1-6-8-4-9-3-2-7(8)5-10-6/h6-9H,2-5H2,1H3. The molecule has 0 aromatic heterocycles. The second-order valence-corrected chi connectivity index (χ2v) is 4.87. The van der Waals surface area contributed by atoms with Gasteiger partial charge < -0.3 is 5.32 Å². The van der Waals surface area contributed by atoms with E-state index in [0.717, 1.165) is 17.1 Å². The quantitative estimate of drug-likeness (QED) is 0.569. The van der Waals surface area contributed by atoms with E-state index in [2.05, 4.69) is 24.0 Å². The molecule has 2 heteroatoms. The van der Waals surface area contributed by atoms with E-state index in [4.69, 9.17) is 0 Å². The van der Waals surface area contributed by atoms with Crippen LogP contribution in [-0.2, 0) is 0 Å². The summed E-state index contributed by atoms with van der Waals surface area (Å²) < 4.78 is 0. The van der Waals surface area contributed by atoms with Crippen LogP contribution in [0, 0.1) is 11.8 Å². The van der Waals surface area contributed by atoms with E-state index in [-0.39, 0.29) is 0 Å². The van der Waals surface area contributed by atoms with Crippen molar-refractivity contribution < 1.29 is 0 Å². The smallest absolute Gasteiger partial charge is 0.00621 e. The molecule has 0 aromatic carbocycles. The monoisotopic (exact) mass is 157 g/mol. The van der Waals surface area contributed by atoms with Gasteiger partial charge in [-0.2, -0.15) is 11.8 Å². The van der Waals surface area contributed by atoms with Crippen molar-refractivity contribution in [2.24, 2.45) is 11.8 Å². The fraction of sp³-hybridized carbons (Fsp3) is 1.00. The minimum Gasteiger partial charge on any atom is -0.316 e. The number of hydrogen-bond donors (Lipinski definition) is 1. The Bertz CT molecular complexity index is 124. The largest absolute Gasteiger partial charge is 0.316 e. The van der Waals surface area contributed by atoms with Gasteiger partial charge in [0, 0.05) is 5.25 Å². The molecule has 0 saturated carbocycles. The van der Waals surface area contributed by atoms with Crippen LogP contribution in [0.15, 0.2) is 0 Å². The Kier molecular flexibility index (Phi) is 1.92. The first-order chi connectivity index (χ1) is 4.88. The highest BCUT2D eigenvalue weighted by Gasteiger charge is 2.35. The van der Waals surface area contributed by atoms with Gasteiger partial charge in [0.05, 0.1) is 0 Å². The van der Waals surface area contributed by atoms with Gasteiger partial charge in [-0.25, -0.2) is 0 Å². The molecular formula is C8H15NS. The van der Waals surface area contributed by atoms with Gasteiger partial charge in [-0.1, -0.05) is 6.92 Å². The molecule has 10 heavy (non-hydrogen) atoms. The fourth-order valence-corrected chi connectivity index (χ4v) is 3.62. The molecule has 0 bridgehead atoms. The Morgan fingerprint density at radius 3 is 3.20 bits per heavy atom. The zero-order chi connectivity index (χ0) is 6.97. The van der Waals surface area contributed by atoms with Crippen LogP contribution >= 0.6 is 11.8 Å². The predicted molar refractivity (Wildman–Crippen MR) is 46.4 cm³/mol. The fourth-order valence-electron chi connectivity index (χ4n) is 2.09. The maximum Gasteiger partial charge on any atom is 0.00621 e. The van der Waals surface area contributed by atoms with Crippen molar-refractivity contribution in [3.8, 4) is 0 Å². The maximum atomic E-state index is 3.47. The zero-order valence-corrected chi connectivity index (χ0v) is 7.29. The molecule has 0 aliphatic carbocycles. The van der Waals surface area contributed by atoms with E-state index < -0.39 is 0 Å². The lowest BCUT2D eigenvalue weighted by Crippen LogP contribution is -2.37. The summed E-state index contributed by atoms with van der Waals surface area (Å²) in [7, 11) is 0. The van der Waals surface area contributed by atoms with Gasteiger partial charge in [0.2, 0.25) is 0 Å². The third-order valence-corrected chi connectivity index (χ3v) is 4.35. The molecular weight excluding hydrogens is 142 g/mol. The molecule has 3 atom stereocenters. The first-order valence-corrected chi connectivity index (χ1v) is 5.25. The third-order valence-electron chi connectivity index (χ3n) is 2.85. The SMILES string of the molecule is CC1SCC2CCNCC21. The van der Waals surface area contributed by atoms with Crippen molar-refractivity contribution >= 4 is 11.8 Å². The molecule has 0 spiro atoms. The van der Waals surface area contributed by atoms with Gasteiger partial charge in [-0.3, -0.25) is 0 Å². The summed E-state index contributed by atoms with van der Waals surface area (Å²) in [6.45, 7) is 4.91. The average Bonchev–Trinajstić information content (AvgIpc) is 2.34. The van der Waals surface area contributed by atoms with Crippen molar-refractivity contribution in [2.75, 3.05) is 18.8 Å². The topological polar surface area (TPSA) is 12.0 Å². The molecule has 2 heterocycles. The Balaban J connectivity index is 2.01. The number of fused-ring (bicyclic) bond motifs is 1. The van der Waals surface area contributed by atoms with Crippen LogP contribution in [0.5, 0.6) is 0 Å². The highest BCUT2D eigenvalue weighted by atomic mass is 32.2. The number of piperidine rings is 1. The molecule has 0 aromatic rings. The number of nitrogens with one attached hydrogen (secondary N) is 1. The lowest BCUT2D eigenvalue weighted by atomic mass is 9.86. The summed E-state index contributed by atoms with van der Waals surface area (Å²) in [6.07, 6.45) is 1.42. The van der Waals surface area contributed by atoms with Gasteiger partial charge in [0.15, 0.2) is 0 Å². The highest BCUT2D eigenvalue weighted by molar-refractivity contribution is 8.00. The third kappa shape index (κ3) is 1.08. The van der Waals surface area contributed by atoms with E-state index in [9.17, 15) is 0 Å². The summed E-state index contributed by atoms with van der Waals surface area (Å²) in [5, 5.41) is 4.39. The summed E-state index contributed by atoms with van der Waals surface area (Å²) in [5.74, 6) is 3.45. The first-order valence-electron chi connectivity index (χ1n) is 4.20. The van der Waals surface area contributed by atoms with Gasteiger partial charge in [0.25, 0.3) is 0 Å². The second-order valence-electron chi connectivity index (χ2n) is 3.46. The lowest BCUT2D eigenvalue weighted by molar-refractivity contribution is 0.293. The Labute approximate surface area is 67.0 Å². The van der Waals surface area contributed by atoms with Gasteiger partial charge in [-0.15, -0.1) is 0 Å². The zero-order valence-electron chi connectivity index (χ0n) is 6.47. The van der Waals surface area contributed by atoms with E-state index in [1.165, 1.54) is 25.3 Å². The van der Waals surface area contributed by atoms with Crippen LogP contribution < -0.4 is 5.32 Å². The van der Waals surface area contributed by atoms with E-state index >= 15 is 0 Å². The van der Waals surface area contributed by atoms with Crippen LogP contribution in [0.4, 0.5) is 0 Å². The molecule has 2 rings (SSSR count). The van der Waals surface area contributed by atoms with Crippen molar-refractivity contribution in [3.63, 3.8) is 0 Å². The van der Waals surface area contributed by atoms with Gasteiger partial charge >= 0.3 is 0 Å². The molecule has 1 N–H and O–H groups in total. The van der Waals surface area contributed by atoms with Crippen molar-refractivity contribution in [3.05, 3.63) is 0 Å². The summed E-state index contributed by atoms with van der Waals surface area (Å²) >= 11 is 2.16. The summed E-state index contributed by atoms with van der Waals surface area (Å²) in [5.41, 5.74) is 0. The molecule has 2 aliphatic rings. The van der Waals surface area contributed by atoms with Gasteiger partial charge in [0.1, 0.15) is 0 Å². The first kappa shape index (κ1) is 6.99. The summed E-state index contributed by atoms with van der Waals surface area (Å²) in [4.78, 5) is 0. The number of thioether (sulfide) groups is 1. The minimum absolute atomic E-state index is 0.915. The van der Waals surface area contributed by atoms with E-state index in [1.807, 2.05) is 0 Å². The maximum absolute atomic E-state index is 3.47. The number of hydrogen-bond acceptors (Lipinski definition) is 2. The minimum atomic E-state index is 0.915. The van der Waals surface area contributed by atoms with Crippen LogP contribution in [0.25, 0.3) is 0 Å². The molecule has 1 nitrogen and oxygen atoms in total. The predicted octanol–water partition coefficient (Wildman–Crippen LogP) is 1.35. The van der Waals surface area contributed by atoms with Crippen LogP contribution in [0.1, 0.15) is 13.3 Å². The van der Waals surface area contributed by atoms with E-state index in [1.54, 1.807) is 0 Å². The molecule has 2 aliphatic heterocycles. The van der Waals surface area contributed by atoms with Crippen molar-refractivity contribution in [2.45, 2.75) is 18.6 Å². The second kappa shape index (κ2) is 2.74. The normalized spacial score (nSPS) is 47.1. The average molecular weight is 157 g/mol. The molecule has 2 fully saturated rings. The molecule has 3 unspecified atom stereocenters. The van der Waals surface area contributed by atoms with Crippen LogP contribution in [0.3, 0.4) is 0 Å². The molecule has 0 amide bonds. The summed E-state index contributed by atoms with van der Waals surface area (Å²) in [6, 6.07) is 0. The van der Waals surface area contributed by atoms with Crippen molar-refractivity contribution in [1.29, 1.82) is 0 Å². The number of rotatable bonds is 0. The highest BCUT2D eigenvalue weighted by Crippen LogP contribution is 2.39. The van der Waals surface area contributed by atoms with Crippen LogP contribution in [-0.4, -0.2) is 24.1 Å². The van der Waals surface area contributed by atoms with E-state index in [0.29, 0.717) is 0 Å².